The number of nitrogens with one attached hydrogen (secondary N) is 1. The van der Waals surface area contributed by atoms with Gasteiger partial charge in [-0.25, -0.2) is 9.97 Å². The first-order valence-electron chi connectivity index (χ1n) is 4.79. The Bertz CT molecular complexity index is 321. The van der Waals surface area contributed by atoms with Crippen LogP contribution >= 0.6 is 11.6 Å². The molecular formula is C10H14ClN3. The Morgan fingerprint density at radius 3 is 2.57 bits per heavy atom. The van der Waals surface area contributed by atoms with Crippen LogP contribution in [-0.4, -0.2) is 16.5 Å². The molecule has 1 aliphatic rings. The monoisotopic (exact) mass is 211 g/mol. The van der Waals surface area contributed by atoms with Crippen LogP contribution in [0.25, 0.3) is 0 Å². The molecular weight excluding hydrogens is 198 g/mol. The number of hydrogen-bond acceptors (Lipinski definition) is 3. The maximum atomic E-state index is 5.68. The van der Waals surface area contributed by atoms with Crippen molar-refractivity contribution in [2.45, 2.75) is 20.3 Å². The highest BCUT2D eigenvalue weighted by molar-refractivity contribution is 6.30. The Kier molecular flexibility index (Phi) is 2.35. The maximum absolute atomic E-state index is 5.68. The third-order valence-corrected chi connectivity index (χ3v) is 3.04. The van der Waals surface area contributed by atoms with E-state index < -0.39 is 0 Å². The first kappa shape index (κ1) is 9.71. The molecule has 0 amide bonds. The van der Waals surface area contributed by atoms with E-state index in [1.807, 2.05) is 0 Å². The van der Waals surface area contributed by atoms with E-state index >= 15 is 0 Å². The fraction of sp³-hybridized carbons (Fsp3) is 0.600. The van der Waals surface area contributed by atoms with Crippen LogP contribution in [0.2, 0.25) is 5.02 Å². The summed E-state index contributed by atoms with van der Waals surface area (Å²) >= 11 is 5.68. The summed E-state index contributed by atoms with van der Waals surface area (Å²) in [7, 11) is 0. The molecule has 1 aliphatic carbocycles. The van der Waals surface area contributed by atoms with Gasteiger partial charge in [0.2, 0.25) is 5.95 Å². The van der Waals surface area contributed by atoms with Gasteiger partial charge < -0.3 is 5.32 Å². The quantitative estimate of drug-likeness (QED) is 0.835. The normalized spacial score (nSPS) is 23.2. The molecule has 1 unspecified atom stereocenters. The lowest BCUT2D eigenvalue weighted by Gasteiger charge is -2.05. The molecule has 1 fully saturated rings. The highest BCUT2D eigenvalue weighted by Crippen LogP contribution is 2.51. The largest absolute Gasteiger partial charge is 0.354 e. The van der Waals surface area contributed by atoms with E-state index in [-0.39, 0.29) is 0 Å². The van der Waals surface area contributed by atoms with E-state index in [9.17, 15) is 0 Å². The van der Waals surface area contributed by atoms with Gasteiger partial charge in [0.25, 0.3) is 0 Å². The molecule has 3 nitrogen and oxygen atoms in total. The number of aromatic nitrogens is 2. The van der Waals surface area contributed by atoms with Crippen LogP contribution in [0.15, 0.2) is 12.4 Å². The first-order chi connectivity index (χ1) is 6.58. The van der Waals surface area contributed by atoms with Crippen molar-refractivity contribution >= 4 is 17.5 Å². The van der Waals surface area contributed by atoms with Crippen molar-refractivity contribution in [3.63, 3.8) is 0 Å². The Balaban J connectivity index is 1.84. The van der Waals surface area contributed by atoms with Crippen molar-refractivity contribution in [1.82, 2.24) is 9.97 Å². The third kappa shape index (κ3) is 2.15. The SMILES string of the molecule is CC1(C)CC1CNc1ncc(Cl)cn1. The topological polar surface area (TPSA) is 37.8 Å². The fourth-order valence-electron chi connectivity index (χ4n) is 1.54. The molecule has 1 heterocycles. The van der Waals surface area contributed by atoms with Crippen LogP contribution in [0.5, 0.6) is 0 Å². The first-order valence-corrected chi connectivity index (χ1v) is 5.17. The Hall–Kier alpha value is -0.830. The molecule has 0 aliphatic heterocycles. The van der Waals surface area contributed by atoms with Crippen LogP contribution < -0.4 is 5.32 Å². The van der Waals surface area contributed by atoms with Gasteiger partial charge >= 0.3 is 0 Å². The van der Waals surface area contributed by atoms with Crippen molar-refractivity contribution in [2.75, 3.05) is 11.9 Å². The predicted molar refractivity (Wildman–Crippen MR) is 57.4 cm³/mol. The summed E-state index contributed by atoms with van der Waals surface area (Å²) in [6, 6.07) is 0. The molecule has 0 bridgehead atoms. The van der Waals surface area contributed by atoms with E-state index in [1.165, 1.54) is 6.42 Å². The maximum Gasteiger partial charge on any atom is 0.222 e. The minimum atomic E-state index is 0.499. The predicted octanol–water partition coefficient (Wildman–Crippen LogP) is 2.59. The number of rotatable bonds is 3. The molecule has 1 N–H and O–H groups in total. The molecule has 76 valence electrons. The summed E-state index contributed by atoms with van der Waals surface area (Å²) in [5.74, 6) is 1.42. The summed E-state index contributed by atoms with van der Waals surface area (Å²) in [6.45, 7) is 5.51. The van der Waals surface area contributed by atoms with Crippen LogP contribution in [0.4, 0.5) is 5.95 Å². The average molecular weight is 212 g/mol. The van der Waals surface area contributed by atoms with Gasteiger partial charge in [-0.2, -0.15) is 0 Å². The molecule has 14 heavy (non-hydrogen) atoms. The molecule has 1 saturated carbocycles. The zero-order chi connectivity index (χ0) is 10.2. The Labute approximate surface area is 88.9 Å². The highest BCUT2D eigenvalue weighted by atomic mass is 35.5. The zero-order valence-corrected chi connectivity index (χ0v) is 9.17. The summed E-state index contributed by atoms with van der Waals surface area (Å²) in [5, 5.41) is 3.78. The van der Waals surface area contributed by atoms with Gasteiger partial charge in [-0.3, -0.25) is 0 Å². The number of nitrogens with zero attached hydrogens (tertiary/aromatic N) is 2. The zero-order valence-electron chi connectivity index (χ0n) is 8.42. The van der Waals surface area contributed by atoms with Gasteiger partial charge in [0.1, 0.15) is 0 Å². The van der Waals surface area contributed by atoms with E-state index in [2.05, 4.69) is 29.1 Å². The molecule has 4 heteroatoms. The van der Waals surface area contributed by atoms with Gasteiger partial charge in [0.15, 0.2) is 0 Å². The summed E-state index contributed by atoms with van der Waals surface area (Å²) < 4.78 is 0. The highest BCUT2D eigenvalue weighted by Gasteiger charge is 2.45. The van der Waals surface area contributed by atoms with Crippen molar-refractivity contribution in [1.29, 1.82) is 0 Å². The smallest absolute Gasteiger partial charge is 0.222 e. The van der Waals surface area contributed by atoms with Gasteiger partial charge in [0, 0.05) is 6.54 Å². The van der Waals surface area contributed by atoms with Crippen LogP contribution in [-0.2, 0) is 0 Å². The van der Waals surface area contributed by atoms with Gasteiger partial charge in [-0.15, -0.1) is 0 Å². The van der Waals surface area contributed by atoms with Crippen molar-refractivity contribution in [3.05, 3.63) is 17.4 Å². The van der Waals surface area contributed by atoms with Crippen LogP contribution in [0.1, 0.15) is 20.3 Å². The molecule has 1 atom stereocenters. The molecule has 1 aromatic rings. The number of halogens is 1. The standard InChI is InChI=1S/C10H14ClN3/c1-10(2)3-7(10)4-12-9-13-5-8(11)6-14-9/h5-7H,3-4H2,1-2H3,(H,12,13,14). The van der Waals surface area contributed by atoms with E-state index in [0.717, 1.165) is 12.5 Å². The average Bonchev–Trinajstić information content (AvgIpc) is 2.73. The van der Waals surface area contributed by atoms with Crippen molar-refractivity contribution in [3.8, 4) is 0 Å². The molecule has 0 saturated heterocycles. The third-order valence-electron chi connectivity index (χ3n) is 2.84. The van der Waals surface area contributed by atoms with Crippen LogP contribution in [0.3, 0.4) is 0 Å². The minimum absolute atomic E-state index is 0.499. The van der Waals surface area contributed by atoms with Gasteiger partial charge in [-0.05, 0) is 17.8 Å². The Morgan fingerprint density at radius 1 is 1.50 bits per heavy atom. The molecule has 2 rings (SSSR count). The molecule has 0 spiro atoms. The fourth-order valence-corrected chi connectivity index (χ4v) is 1.64. The second-order valence-corrected chi connectivity index (χ2v) is 4.93. The Morgan fingerprint density at radius 2 is 2.07 bits per heavy atom. The van der Waals surface area contributed by atoms with Crippen LogP contribution in [0, 0.1) is 11.3 Å². The molecule has 0 radical (unpaired) electrons. The number of anilines is 1. The molecule has 0 aromatic carbocycles. The van der Waals surface area contributed by atoms with E-state index in [0.29, 0.717) is 16.4 Å². The van der Waals surface area contributed by atoms with Crippen molar-refractivity contribution in [2.24, 2.45) is 11.3 Å². The lowest BCUT2D eigenvalue weighted by Crippen LogP contribution is -2.09. The lowest BCUT2D eigenvalue weighted by molar-refractivity contribution is 0.572. The van der Waals surface area contributed by atoms with Gasteiger partial charge in [-0.1, -0.05) is 25.4 Å². The number of hydrogen-bond donors (Lipinski definition) is 1. The lowest BCUT2D eigenvalue weighted by atomic mass is 10.1. The van der Waals surface area contributed by atoms with Gasteiger partial charge in [0.05, 0.1) is 17.4 Å². The molecule has 1 aromatic heterocycles. The van der Waals surface area contributed by atoms with Crippen molar-refractivity contribution < 1.29 is 0 Å². The summed E-state index contributed by atoms with van der Waals surface area (Å²) in [6.07, 6.45) is 4.50. The summed E-state index contributed by atoms with van der Waals surface area (Å²) in [4.78, 5) is 8.14. The summed E-state index contributed by atoms with van der Waals surface area (Å²) in [5.41, 5.74) is 0.499. The van der Waals surface area contributed by atoms with E-state index in [1.54, 1.807) is 12.4 Å². The second-order valence-electron chi connectivity index (χ2n) is 4.50. The second kappa shape index (κ2) is 3.39. The van der Waals surface area contributed by atoms with E-state index in [4.69, 9.17) is 11.6 Å². The minimum Gasteiger partial charge on any atom is -0.354 e.